The van der Waals surface area contributed by atoms with E-state index >= 15 is 0 Å². The van der Waals surface area contributed by atoms with Crippen molar-refractivity contribution in [2.24, 2.45) is 0 Å². The van der Waals surface area contributed by atoms with Crippen LogP contribution in [0.1, 0.15) is 87.1 Å². The fraction of sp³-hybridized carbons (Fsp3) is 0.600. The maximum absolute atomic E-state index is 12.3. The van der Waals surface area contributed by atoms with Crippen LogP contribution in [0.25, 0.3) is 0 Å². The van der Waals surface area contributed by atoms with Crippen LogP contribution < -0.4 is 10.6 Å². The quantitative estimate of drug-likeness (QED) is 0.399. The van der Waals surface area contributed by atoms with Gasteiger partial charge >= 0.3 is 0 Å². The van der Waals surface area contributed by atoms with Gasteiger partial charge in [-0.05, 0) is 48.6 Å². The van der Waals surface area contributed by atoms with Gasteiger partial charge in [-0.1, -0.05) is 57.5 Å². The Morgan fingerprint density at radius 3 is 2.39 bits per heavy atom. The van der Waals surface area contributed by atoms with Gasteiger partial charge in [-0.25, -0.2) is 0 Å². The molecule has 1 aromatic carbocycles. The highest BCUT2D eigenvalue weighted by Crippen LogP contribution is 2.33. The molecule has 0 bridgehead atoms. The van der Waals surface area contributed by atoms with E-state index in [1.807, 2.05) is 30.5 Å². The molecule has 180 valence electrons. The average molecular weight is 472 g/mol. The second-order valence-corrected chi connectivity index (χ2v) is 10.5. The second-order valence-electron chi connectivity index (χ2n) is 9.70. The lowest BCUT2D eigenvalue weighted by Crippen LogP contribution is -2.31. The van der Waals surface area contributed by atoms with Crippen molar-refractivity contribution in [1.29, 1.82) is 0 Å². The zero-order valence-corrected chi connectivity index (χ0v) is 21.1. The van der Waals surface area contributed by atoms with Crippen molar-refractivity contribution in [2.45, 2.75) is 82.3 Å². The normalized spacial score (nSPS) is 14.4. The number of nitrogens with one attached hydrogen (secondary N) is 2. The van der Waals surface area contributed by atoms with E-state index in [1.165, 1.54) is 31.2 Å². The standard InChI is InChI=1S/C25H37N5O2S/c1-25(2,3)19-13-11-18(12-14-19)23(32)27-17-15-22(31)26-16-7-10-21-28-29-24(33-4)30(21)20-8-5-6-9-20/h11-14,20H,5-10,15-17H2,1-4H3,(H,26,31)(H,27,32). The van der Waals surface area contributed by atoms with E-state index in [-0.39, 0.29) is 23.7 Å². The third-order valence-electron chi connectivity index (χ3n) is 6.16. The maximum Gasteiger partial charge on any atom is 0.251 e. The van der Waals surface area contributed by atoms with Crippen molar-refractivity contribution in [3.8, 4) is 0 Å². The first-order valence-electron chi connectivity index (χ1n) is 11.9. The van der Waals surface area contributed by atoms with E-state index in [0.717, 1.165) is 23.8 Å². The lowest BCUT2D eigenvalue weighted by Gasteiger charge is -2.19. The number of thioether (sulfide) groups is 1. The van der Waals surface area contributed by atoms with Gasteiger partial charge in [-0.2, -0.15) is 0 Å². The summed E-state index contributed by atoms with van der Waals surface area (Å²) in [6.07, 6.45) is 8.85. The summed E-state index contributed by atoms with van der Waals surface area (Å²) in [6, 6.07) is 8.15. The minimum absolute atomic E-state index is 0.0521. The van der Waals surface area contributed by atoms with Gasteiger partial charge in [0.1, 0.15) is 5.82 Å². The van der Waals surface area contributed by atoms with Crippen LogP contribution in [-0.4, -0.2) is 45.9 Å². The van der Waals surface area contributed by atoms with Crippen LogP contribution in [0.4, 0.5) is 0 Å². The molecule has 0 spiro atoms. The Hall–Kier alpha value is -2.35. The largest absolute Gasteiger partial charge is 0.356 e. The monoisotopic (exact) mass is 471 g/mol. The summed E-state index contributed by atoms with van der Waals surface area (Å²) < 4.78 is 2.31. The van der Waals surface area contributed by atoms with E-state index in [0.29, 0.717) is 24.7 Å². The minimum Gasteiger partial charge on any atom is -0.356 e. The van der Waals surface area contributed by atoms with Gasteiger partial charge in [0.2, 0.25) is 5.91 Å². The van der Waals surface area contributed by atoms with E-state index in [2.05, 4.69) is 46.2 Å². The molecule has 1 aliphatic carbocycles. The predicted octanol–water partition coefficient (Wildman–Crippen LogP) is 4.28. The Morgan fingerprint density at radius 1 is 1.06 bits per heavy atom. The van der Waals surface area contributed by atoms with E-state index in [9.17, 15) is 9.59 Å². The molecule has 0 aliphatic heterocycles. The van der Waals surface area contributed by atoms with Gasteiger partial charge in [0.25, 0.3) is 5.91 Å². The van der Waals surface area contributed by atoms with Crippen LogP contribution in [0.15, 0.2) is 29.4 Å². The molecule has 1 fully saturated rings. The van der Waals surface area contributed by atoms with Crippen molar-refractivity contribution in [3.63, 3.8) is 0 Å². The van der Waals surface area contributed by atoms with Crippen molar-refractivity contribution < 1.29 is 9.59 Å². The maximum atomic E-state index is 12.3. The van der Waals surface area contributed by atoms with Crippen molar-refractivity contribution >= 4 is 23.6 Å². The van der Waals surface area contributed by atoms with Gasteiger partial charge in [0, 0.05) is 37.5 Å². The third kappa shape index (κ3) is 7.06. The summed E-state index contributed by atoms with van der Waals surface area (Å²) in [4.78, 5) is 24.5. The Bertz CT molecular complexity index is 927. The number of carbonyl (C=O) groups is 2. The molecule has 2 amide bonds. The van der Waals surface area contributed by atoms with Crippen LogP contribution in [0.2, 0.25) is 0 Å². The fourth-order valence-electron chi connectivity index (χ4n) is 4.22. The Morgan fingerprint density at radius 2 is 1.76 bits per heavy atom. The highest BCUT2D eigenvalue weighted by molar-refractivity contribution is 7.98. The first kappa shape index (κ1) is 25.3. The molecule has 0 atom stereocenters. The zero-order valence-electron chi connectivity index (χ0n) is 20.3. The van der Waals surface area contributed by atoms with Gasteiger partial charge in [0.15, 0.2) is 5.16 Å². The number of benzene rings is 1. The smallest absolute Gasteiger partial charge is 0.251 e. The molecule has 2 aromatic rings. The average Bonchev–Trinajstić information content (AvgIpc) is 3.45. The topological polar surface area (TPSA) is 88.9 Å². The third-order valence-corrected chi connectivity index (χ3v) is 6.80. The first-order valence-corrected chi connectivity index (χ1v) is 13.2. The highest BCUT2D eigenvalue weighted by atomic mass is 32.2. The Balaban J connectivity index is 1.36. The molecule has 0 saturated heterocycles. The first-order chi connectivity index (χ1) is 15.8. The molecular formula is C25H37N5O2S. The summed E-state index contributed by atoms with van der Waals surface area (Å²) in [7, 11) is 0. The Labute approximate surface area is 201 Å². The van der Waals surface area contributed by atoms with Gasteiger partial charge < -0.3 is 15.2 Å². The van der Waals surface area contributed by atoms with Crippen LogP contribution in [0.5, 0.6) is 0 Å². The van der Waals surface area contributed by atoms with Crippen molar-refractivity contribution in [1.82, 2.24) is 25.4 Å². The number of rotatable bonds is 10. The number of aryl methyl sites for hydroxylation is 1. The van der Waals surface area contributed by atoms with E-state index in [4.69, 9.17) is 0 Å². The second kappa shape index (κ2) is 11.7. The number of carbonyl (C=O) groups excluding carboxylic acids is 2. The molecule has 2 N–H and O–H groups in total. The molecular weight excluding hydrogens is 434 g/mol. The number of amides is 2. The molecule has 33 heavy (non-hydrogen) atoms. The molecule has 8 heteroatoms. The molecule has 1 saturated carbocycles. The van der Waals surface area contributed by atoms with Crippen LogP contribution in [-0.2, 0) is 16.6 Å². The van der Waals surface area contributed by atoms with Crippen molar-refractivity contribution in [2.75, 3.05) is 19.3 Å². The number of nitrogens with zero attached hydrogens (tertiary/aromatic N) is 3. The lowest BCUT2D eigenvalue weighted by molar-refractivity contribution is -0.120. The fourth-order valence-corrected chi connectivity index (χ4v) is 4.80. The highest BCUT2D eigenvalue weighted by Gasteiger charge is 2.23. The van der Waals surface area contributed by atoms with Crippen molar-refractivity contribution in [3.05, 3.63) is 41.2 Å². The van der Waals surface area contributed by atoms with Gasteiger partial charge in [-0.3, -0.25) is 9.59 Å². The summed E-state index contributed by atoms with van der Waals surface area (Å²) in [5, 5.41) is 15.5. The Kier molecular flexibility index (Phi) is 8.95. The summed E-state index contributed by atoms with van der Waals surface area (Å²) in [5.74, 6) is 0.810. The number of hydrogen-bond donors (Lipinski definition) is 2. The van der Waals surface area contributed by atoms with Gasteiger partial charge in [-0.15, -0.1) is 10.2 Å². The molecule has 3 rings (SSSR count). The molecule has 1 aromatic heterocycles. The van der Waals surface area contributed by atoms with Gasteiger partial charge in [0.05, 0.1) is 0 Å². The van der Waals surface area contributed by atoms with Crippen LogP contribution in [0, 0.1) is 0 Å². The molecule has 0 radical (unpaired) electrons. The van der Waals surface area contributed by atoms with E-state index in [1.54, 1.807) is 11.8 Å². The predicted molar refractivity (Wildman–Crippen MR) is 133 cm³/mol. The molecule has 1 aliphatic rings. The SMILES string of the molecule is CSc1nnc(CCCNC(=O)CCNC(=O)c2ccc(C(C)(C)C)cc2)n1C1CCCC1. The molecule has 1 heterocycles. The van der Waals surface area contributed by atoms with Crippen LogP contribution >= 0.6 is 11.8 Å². The summed E-state index contributed by atoms with van der Waals surface area (Å²) in [6.45, 7) is 7.33. The minimum atomic E-state index is -0.154. The number of hydrogen-bond acceptors (Lipinski definition) is 5. The zero-order chi connectivity index (χ0) is 23.8. The number of aromatic nitrogens is 3. The summed E-state index contributed by atoms with van der Waals surface area (Å²) >= 11 is 1.64. The summed E-state index contributed by atoms with van der Waals surface area (Å²) in [5.41, 5.74) is 1.85. The molecule has 0 unspecified atom stereocenters. The van der Waals surface area contributed by atoms with Crippen LogP contribution in [0.3, 0.4) is 0 Å². The molecule has 7 nitrogen and oxygen atoms in total. The lowest BCUT2D eigenvalue weighted by atomic mass is 9.87. The van der Waals surface area contributed by atoms with E-state index < -0.39 is 0 Å².